The largest absolute Gasteiger partial charge is 0.474 e. The lowest BCUT2D eigenvalue weighted by Crippen LogP contribution is -2.39. The molecule has 0 spiro atoms. The second-order valence-electron chi connectivity index (χ2n) is 6.96. The van der Waals surface area contributed by atoms with Crippen molar-refractivity contribution in [1.82, 2.24) is 15.2 Å². The Morgan fingerprint density at radius 1 is 1.31 bits per heavy atom. The van der Waals surface area contributed by atoms with Crippen molar-refractivity contribution in [3.63, 3.8) is 0 Å². The van der Waals surface area contributed by atoms with Gasteiger partial charge in [-0.25, -0.2) is 9.98 Å². The first-order valence-corrected chi connectivity index (χ1v) is 9.75. The number of nitrogens with two attached hydrogens (primary N) is 1. The van der Waals surface area contributed by atoms with Crippen molar-refractivity contribution in [3.8, 4) is 5.88 Å². The fraction of sp³-hybridized carbons (Fsp3) is 0.684. The van der Waals surface area contributed by atoms with Gasteiger partial charge < -0.3 is 20.5 Å². The third-order valence-corrected chi connectivity index (χ3v) is 4.88. The highest BCUT2D eigenvalue weighted by molar-refractivity contribution is 5.77. The molecule has 2 aliphatic rings. The molecule has 0 amide bonds. The predicted molar refractivity (Wildman–Crippen MR) is 102 cm³/mol. The van der Waals surface area contributed by atoms with Crippen molar-refractivity contribution in [2.45, 2.75) is 44.8 Å². The van der Waals surface area contributed by atoms with Crippen LogP contribution in [0, 0.1) is 0 Å². The average molecular weight is 361 g/mol. The number of guanidine groups is 1. The van der Waals surface area contributed by atoms with Gasteiger partial charge in [0, 0.05) is 31.9 Å². The average Bonchev–Trinajstić information content (AvgIpc) is 3.19. The van der Waals surface area contributed by atoms with E-state index in [-0.39, 0.29) is 0 Å². The number of morpholine rings is 1. The fourth-order valence-corrected chi connectivity index (χ4v) is 3.33. The molecule has 0 bridgehead atoms. The summed E-state index contributed by atoms with van der Waals surface area (Å²) < 4.78 is 11.2. The van der Waals surface area contributed by atoms with Gasteiger partial charge >= 0.3 is 0 Å². The van der Waals surface area contributed by atoms with E-state index < -0.39 is 0 Å². The second-order valence-corrected chi connectivity index (χ2v) is 6.96. The highest BCUT2D eigenvalue weighted by Crippen LogP contribution is 2.22. The van der Waals surface area contributed by atoms with Crippen LogP contribution in [0.4, 0.5) is 0 Å². The van der Waals surface area contributed by atoms with Gasteiger partial charge in [0.1, 0.15) is 6.10 Å². The Morgan fingerprint density at radius 3 is 2.85 bits per heavy atom. The van der Waals surface area contributed by atoms with E-state index in [2.05, 4.69) is 20.2 Å². The molecule has 1 aliphatic heterocycles. The minimum Gasteiger partial charge on any atom is -0.474 e. The van der Waals surface area contributed by atoms with Gasteiger partial charge in [-0.3, -0.25) is 4.90 Å². The summed E-state index contributed by atoms with van der Waals surface area (Å²) in [6, 6.07) is 3.93. The van der Waals surface area contributed by atoms with E-state index >= 15 is 0 Å². The van der Waals surface area contributed by atoms with Gasteiger partial charge in [-0.2, -0.15) is 0 Å². The summed E-state index contributed by atoms with van der Waals surface area (Å²) in [7, 11) is 0. The number of rotatable bonds is 8. The number of hydrogen-bond acceptors (Lipinski definition) is 5. The molecular formula is C19H31N5O2. The molecule has 1 aromatic heterocycles. The molecular weight excluding hydrogens is 330 g/mol. The van der Waals surface area contributed by atoms with Crippen LogP contribution in [0.25, 0.3) is 0 Å². The number of aliphatic imine (C=N–C) groups is 1. The smallest absolute Gasteiger partial charge is 0.213 e. The molecule has 1 saturated carbocycles. The molecule has 0 aromatic carbocycles. The molecule has 7 heteroatoms. The highest BCUT2D eigenvalue weighted by atomic mass is 16.5. The van der Waals surface area contributed by atoms with Gasteiger partial charge in [-0.15, -0.1) is 0 Å². The number of ether oxygens (including phenoxy) is 2. The molecule has 3 rings (SSSR count). The van der Waals surface area contributed by atoms with Gasteiger partial charge in [0.25, 0.3) is 0 Å². The zero-order chi connectivity index (χ0) is 18.0. The summed E-state index contributed by atoms with van der Waals surface area (Å²) in [4.78, 5) is 11.2. The lowest BCUT2D eigenvalue weighted by Gasteiger charge is -2.26. The summed E-state index contributed by atoms with van der Waals surface area (Å²) in [6.45, 7) is 6.16. The molecule has 0 radical (unpaired) electrons. The van der Waals surface area contributed by atoms with Gasteiger partial charge in [-0.1, -0.05) is 6.07 Å². The van der Waals surface area contributed by atoms with Crippen molar-refractivity contribution in [2.75, 3.05) is 39.4 Å². The van der Waals surface area contributed by atoms with E-state index in [1.165, 1.54) is 12.8 Å². The number of nitrogens with zero attached hydrogens (tertiary/aromatic N) is 3. The Labute approximate surface area is 156 Å². The van der Waals surface area contributed by atoms with Crippen LogP contribution < -0.4 is 15.8 Å². The molecule has 0 unspecified atom stereocenters. The van der Waals surface area contributed by atoms with Crippen molar-refractivity contribution in [3.05, 3.63) is 23.9 Å². The number of nitrogens with one attached hydrogen (secondary N) is 1. The van der Waals surface area contributed by atoms with E-state index in [9.17, 15) is 0 Å². The first-order valence-electron chi connectivity index (χ1n) is 9.75. The van der Waals surface area contributed by atoms with E-state index in [0.29, 0.717) is 24.5 Å². The van der Waals surface area contributed by atoms with E-state index in [1.807, 2.05) is 18.3 Å². The fourth-order valence-electron chi connectivity index (χ4n) is 3.33. The lowest BCUT2D eigenvalue weighted by atomic mass is 10.3. The van der Waals surface area contributed by atoms with Crippen LogP contribution in [-0.2, 0) is 11.3 Å². The topological polar surface area (TPSA) is 85.0 Å². The van der Waals surface area contributed by atoms with Crippen molar-refractivity contribution < 1.29 is 9.47 Å². The van der Waals surface area contributed by atoms with Gasteiger partial charge in [0.2, 0.25) is 5.88 Å². The maximum Gasteiger partial charge on any atom is 0.213 e. The highest BCUT2D eigenvalue weighted by Gasteiger charge is 2.16. The molecule has 3 N–H and O–H groups in total. The van der Waals surface area contributed by atoms with Crippen LogP contribution in [0.15, 0.2) is 23.3 Å². The third kappa shape index (κ3) is 6.46. The Balaban J connectivity index is 1.32. The van der Waals surface area contributed by atoms with Crippen LogP contribution in [0.1, 0.15) is 37.7 Å². The third-order valence-electron chi connectivity index (χ3n) is 4.88. The quantitative estimate of drug-likeness (QED) is 0.415. The minimum absolute atomic E-state index is 0.337. The summed E-state index contributed by atoms with van der Waals surface area (Å²) >= 11 is 0. The van der Waals surface area contributed by atoms with Gasteiger partial charge in [0.15, 0.2) is 5.96 Å². The minimum atomic E-state index is 0.337. The van der Waals surface area contributed by atoms with Crippen LogP contribution in [0.2, 0.25) is 0 Å². The Kier molecular flexibility index (Phi) is 7.51. The lowest BCUT2D eigenvalue weighted by molar-refractivity contribution is 0.0376. The molecule has 1 saturated heterocycles. The molecule has 0 atom stereocenters. The maximum absolute atomic E-state index is 5.94. The number of aromatic nitrogens is 1. The van der Waals surface area contributed by atoms with Crippen molar-refractivity contribution >= 4 is 5.96 Å². The van der Waals surface area contributed by atoms with Crippen LogP contribution in [0.3, 0.4) is 0 Å². The molecule has 7 nitrogen and oxygen atoms in total. The predicted octanol–water partition coefficient (Wildman–Crippen LogP) is 1.53. The molecule has 26 heavy (non-hydrogen) atoms. The second kappa shape index (κ2) is 10.3. The van der Waals surface area contributed by atoms with Gasteiger partial charge in [-0.05, 0) is 44.2 Å². The monoisotopic (exact) mass is 361 g/mol. The number of pyridine rings is 1. The zero-order valence-corrected chi connectivity index (χ0v) is 15.5. The summed E-state index contributed by atoms with van der Waals surface area (Å²) in [5, 5.41) is 3.18. The maximum atomic E-state index is 5.94. The molecule has 144 valence electrons. The molecule has 2 heterocycles. The van der Waals surface area contributed by atoms with Crippen molar-refractivity contribution in [1.29, 1.82) is 0 Å². The Morgan fingerprint density at radius 2 is 2.12 bits per heavy atom. The summed E-state index contributed by atoms with van der Waals surface area (Å²) in [5.41, 5.74) is 6.97. The normalized spacial score (nSPS) is 19.6. The molecule has 2 fully saturated rings. The molecule has 1 aromatic rings. The molecule has 1 aliphatic carbocycles. The van der Waals surface area contributed by atoms with Crippen molar-refractivity contribution in [2.24, 2.45) is 10.7 Å². The first-order chi connectivity index (χ1) is 12.8. The van der Waals surface area contributed by atoms with E-state index in [0.717, 1.165) is 64.2 Å². The Bertz CT molecular complexity index is 552. The first kappa shape index (κ1) is 18.9. The SMILES string of the molecule is NC(=NCc1ccc(OC2CCCC2)nc1)NCCCN1CCOCC1. The van der Waals surface area contributed by atoms with Crippen LogP contribution in [0.5, 0.6) is 5.88 Å². The summed E-state index contributed by atoms with van der Waals surface area (Å²) in [6.07, 6.45) is 8.00. The van der Waals surface area contributed by atoms with Crippen LogP contribution in [-0.4, -0.2) is 61.3 Å². The van der Waals surface area contributed by atoms with Gasteiger partial charge in [0.05, 0.1) is 19.8 Å². The van der Waals surface area contributed by atoms with E-state index in [1.54, 1.807) is 0 Å². The standard InChI is InChI=1S/C19H31N5O2/c20-19(21-8-3-9-24-10-12-25-13-11-24)23-15-16-6-7-18(22-14-16)26-17-4-1-2-5-17/h6-7,14,17H,1-5,8-13,15H2,(H3,20,21,23). The zero-order valence-electron chi connectivity index (χ0n) is 15.5. The van der Waals surface area contributed by atoms with E-state index in [4.69, 9.17) is 15.2 Å². The summed E-state index contributed by atoms with van der Waals surface area (Å²) in [5.74, 6) is 1.19. The Hall–Kier alpha value is -1.86. The number of hydrogen-bond donors (Lipinski definition) is 2. The van der Waals surface area contributed by atoms with Crippen LogP contribution >= 0.6 is 0 Å².